The second kappa shape index (κ2) is 5.68. The molecule has 21 heavy (non-hydrogen) atoms. The molecular weight excluding hydrogens is 288 g/mol. The van der Waals surface area contributed by atoms with Crippen LogP contribution in [0, 0.1) is 0 Å². The lowest BCUT2D eigenvalue weighted by Crippen LogP contribution is -2.55. The van der Waals surface area contributed by atoms with Gasteiger partial charge in [0, 0.05) is 24.5 Å². The van der Waals surface area contributed by atoms with Crippen molar-refractivity contribution in [2.75, 3.05) is 6.54 Å². The van der Waals surface area contributed by atoms with Crippen LogP contribution in [0.4, 0.5) is 0 Å². The zero-order valence-electron chi connectivity index (χ0n) is 11.9. The van der Waals surface area contributed by atoms with E-state index in [-0.39, 0.29) is 11.8 Å². The fraction of sp³-hybridized carbons (Fsp3) is 0.500. The summed E-state index contributed by atoms with van der Waals surface area (Å²) in [6.45, 7) is 0.981. The monoisotopic (exact) mass is 306 g/mol. The Balaban J connectivity index is 1.83. The van der Waals surface area contributed by atoms with Gasteiger partial charge in [-0.3, -0.25) is 9.59 Å². The van der Waals surface area contributed by atoms with Crippen LogP contribution in [-0.4, -0.2) is 28.8 Å². The summed E-state index contributed by atoms with van der Waals surface area (Å²) in [5.41, 5.74) is 0.338. The molecule has 1 aliphatic heterocycles. The molecule has 112 valence electrons. The Labute approximate surface area is 129 Å². The van der Waals surface area contributed by atoms with Crippen LogP contribution in [0.1, 0.15) is 37.7 Å². The van der Waals surface area contributed by atoms with E-state index < -0.39 is 5.54 Å². The smallest absolute Gasteiger partial charge is 0.248 e. The SMILES string of the molecule is O=C1CCN(Cc2cccc(Cl)c2)C(=O)C2(CCCC2)N1. The standard InChI is InChI=1S/C16H19ClN2O2/c17-13-5-3-4-12(10-13)11-19-9-6-14(20)18-16(15(19)21)7-1-2-8-16/h3-5,10H,1-2,6-9,11H2,(H,18,20). The van der Waals surface area contributed by atoms with Crippen molar-refractivity contribution in [1.29, 1.82) is 0 Å². The molecule has 1 heterocycles. The molecule has 4 nitrogen and oxygen atoms in total. The largest absolute Gasteiger partial charge is 0.342 e. The van der Waals surface area contributed by atoms with E-state index in [0.29, 0.717) is 24.5 Å². The first-order valence-electron chi connectivity index (χ1n) is 7.44. The van der Waals surface area contributed by atoms with Crippen LogP contribution in [-0.2, 0) is 16.1 Å². The van der Waals surface area contributed by atoms with Gasteiger partial charge in [0.25, 0.3) is 0 Å². The van der Waals surface area contributed by atoms with Crippen LogP contribution in [0.15, 0.2) is 24.3 Å². The Morgan fingerprint density at radius 1 is 1.24 bits per heavy atom. The summed E-state index contributed by atoms with van der Waals surface area (Å²) >= 11 is 6.01. The lowest BCUT2D eigenvalue weighted by Gasteiger charge is -2.31. The molecule has 1 saturated carbocycles. The van der Waals surface area contributed by atoms with Gasteiger partial charge in [-0.25, -0.2) is 0 Å². The summed E-state index contributed by atoms with van der Waals surface area (Å²) in [7, 11) is 0. The predicted octanol–water partition coefficient (Wildman–Crippen LogP) is 2.50. The molecule has 1 saturated heterocycles. The third-order valence-corrected chi connectivity index (χ3v) is 4.64. The van der Waals surface area contributed by atoms with Gasteiger partial charge >= 0.3 is 0 Å². The molecule has 5 heteroatoms. The summed E-state index contributed by atoms with van der Waals surface area (Å²) in [5, 5.41) is 3.64. The van der Waals surface area contributed by atoms with Crippen molar-refractivity contribution < 1.29 is 9.59 Å². The van der Waals surface area contributed by atoms with Crippen molar-refractivity contribution in [3.63, 3.8) is 0 Å². The van der Waals surface area contributed by atoms with Gasteiger partial charge < -0.3 is 10.2 Å². The Hall–Kier alpha value is -1.55. The number of carbonyl (C=O) groups is 2. The van der Waals surface area contributed by atoms with Crippen molar-refractivity contribution in [3.8, 4) is 0 Å². The third-order valence-electron chi connectivity index (χ3n) is 4.40. The summed E-state index contributed by atoms with van der Waals surface area (Å²) in [4.78, 5) is 26.6. The fourth-order valence-electron chi connectivity index (χ4n) is 3.35. The number of nitrogens with one attached hydrogen (secondary N) is 1. The summed E-state index contributed by atoms with van der Waals surface area (Å²) in [6.07, 6.45) is 3.87. The Bertz CT molecular complexity index is 567. The zero-order chi connectivity index (χ0) is 14.9. The Morgan fingerprint density at radius 2 is 2.00 bits per heavy atom. The molecule has 1 spiro atoms. The number of carbonyl (C=O) groups excluding carboxylic acids is 2. The molecule has 0 unspecified atom stereocenters. The minimum atomic E-state index is -0.661. The number of hydrogen-bond donors (Lipinski definition) is 1. The first kappa shape index (κ1) is 14.4. The van der Waals surface area contributed by atoms with Crippen molar-refractivity contribution >= 4 is 23.4 Å². The van der Waals surface area contributed by atoms with E-state index >= 15 is 0 Å². The average Bonchev–Trinajstić information content (AvgIpc) is 2.88. The summed E-state index contributed by atoms with van der Waals surface area (Å²) in [6, 6.07) is 7.53. The fourth-order valence-corrected chi connectivity index (χ4v) is 3.56. The summed E-state index contributed by atoms with van der Waals surface area (Å²) < 4.78 is 0. The van der Waals surface area contributed by atoms with E-state index in [4.69, 9.17) is 11.6 Å². The maximum absolute atomic E-state index is 12.9. The number of benzene rings is 1. The molecule has 2 aliphatic rings. The van der Waals surface area contributed by atoms with E-state index in [2.05, 4.69) is 5.32 Å². The normalized spacial score (nSPS) is 21.5. The van der Waals surface area contributed by atoms with E-state index in [0.717, 1.165) is 31.2 Å². The lowest BCUT2D eigenvalue weighted by molar-refractivity contribution is -0.139. The highest BCUT2D eigenvalue weighted by atomic mass is 35.5. The maximum Gasteiger partial charge on any atom is 0.248 e. The van der Waals surface area contributed by atoms with Gasteiger partial charge in [0.2, 0.25) is 11.8 Å². The van der Waals surface area contributed by atoms with Crippen LogP contribution >= 0.6 is 11.6 Å². The van der Waals surface area contributed by atoms with Crippen LogP contribution in [0.3, 0.4) is 0 Å². The Kier molecular flexibility index (Phi) is 3.89. The van der Waals surface area contributed by atoms with Crippen molar-refractivity contribution in [1.82, 2.24) is 10.2 Å². The molecule has 1 N–H and O–H groups in total. The van der Waals surface area contributed by atoms with E-state index in [1.165, 1.54) is 0 Å². The second-order valence-electron chi connectivity index (χ2n) is 5.94. The minimum absolute atomic E-state index is 0.0150. The van der Waals surface area contributed by atoms with Crippen molar-refractivity contribution in [2.45, 2.75) is 44.2 Å². The van der Waals surface area contributed by atoms with Crippen molar-refractivity contribution in [3.05, 3.63) is 34.9 Å². The molecule has 0 aromatic heterocycles. The first-order valence-corrected chi connectivity index (χ1v) is 7.82. The lowest BCUT2D eigenvalue weighted by atomic mass is 9.95. The van der Waals surface area contributed by atoms with Gasteiger partial charge in [-0.05, 0) is 30.5 Å². The number of hydrogen-bond acceptors (Lipinski definition) is 2. The maximum atomic E-state index is 12.9. The van der Waals surface area contributed by atoms with Gasteiger partial charge in [-0.1, -0.05) is 36.6 Å². The van der Waals surface area contributed by atoms with Gasteiger partial charge in [-0.2, -0.15) is 0 Å². The first-order chi connectivity index (χ1) is 10.1. The molecule has 0 radical (unpaired) electrons. The number of halogens is 1. The van der Waals surface area contributed by atoms with Crippen LogP contribution in [0.2, 0.25) is 5.02 Å². The van der Waals surface area contributed by atoms with E-state index in [9.17, 15) is 9.59 Å². The van der Waals surface area contributed by atoms with E-state index in [1.54, 1.807) is 4.90 Å². The van der Waals surface area contributed by atoms with Gasteiger partial charge in [0.15, 0.2) is 0 Å². The Morgan fingerprint density at radius 3 is 2.71 bits per heavy atom. The highest BCUT2D eigenvalue weighted by molar-refractivity contribution is 6.30. The van der Waals surface area contributed by atoms with Gasteiger partial charge in [-0.15, -0.1) is 0 Å². The van der Waals surface area contributed by atoms with Crippen LogP contribution < -0.4 is 5.32 Å². The third kappa shape index (κ3) is 2.91. The molecule has 1 aromatic rings. The predicted molar refractivity (Wildman–Crippen MR) is 80.8 cm³/mol. The zero-order valence-corrected chi connectivity index (χ0v) is 12.7. The molecule has 2 amide bonds. The number of nitrogens with zero attached hydrogens (tertiary/aromatic N) is 1. The summed E-state index contributed by atoms with van der Waals surface area (Å²) in [5.74, 6) is 0.0460. The molecule has 0 atom stereocenters. The van der Waals surface area contributed by atoms with Crippen LogP contribution in [0.5, 0.6) is 0 Å². The highest BCUT2D eigenvalue weighted by Gasteiger charge is 2.46. The quantitative estimate of drug-likeness (QED) is 0.912. The van der Waals surface area contributed by atoms with Crippen LogP contribution in [0.25, 0.3) is 0 Å². The molecule has 2 fully saturated rings. The van der Waals surface area contributed by atoms with E-state index in [1.807, 2.05) is 24.3 Å². The topological polar surface area (TPSA) is 49.4 Å². The van der Waals surface area contributed by atoms with Gasteiger partial charge in [0.05, 0.1) is 0 Å². The molecular formula is C16H19ClN2O2. The molecule has 0 bridgehead atoms. The molecule has 1 aliphatic carbocycles. The van der Waals surface area contributed by atoms with Crippen molar-refractivity contribution in [2.24, 2.45) is 0 Å². The van der Waals surface area contributed by atoms with Gasteiger partial charge in [0.1, 0.15) is 5.54 Å². The molecule has 3 rings (SSSR count). The highest BCUT2D eigenvalue weighted by Crippen LogP contribution is 2.33. The number of rotatable bonds is 2. The minimum Gasteiger partial charge on any atom is -0.342 e. The number of amides is 2. The molecule has 1 aromatic carbocycles. The average molecular weight is 307 g/mol. The second-order valence-corrected chi connectivity index (χ2v) is 6.38.